The van der Waals surface area contributed by atoms with Crippen LogP contribution in [0.4, 0.5) is 0 Å². The summed E-state index contributed by atoms with van der Waals surface area (Å²) in [4.78, 5) is 2.51. The Balaban J connectivity index is 0.00000144. The van der Waals surface area contributed by atoms with Crippen LogP contribution in [0.5, 0.6) is 0 Å². The minimum atomic E-state index is 0. The van der Waals surface area contributed by atoms with Crippen LogP contribution >= 0.6 is 12.4 Å². The van der Waals surface area contributed by atoms with E-state index in [0.717, 1.165) is 30.8 Å². The number of fused-ring (bicyclic) bond motifs is 2. The van der Waals surface area contributed by atoms with Crippen molar-refractivity contribution in [2.75, 3.05) is 26.7 Å². The Bertz CT molecular complexity index is 242. The first-order chi connectivity index (χ1) is 7.50. The van der Waals surface area contributed by atoms with Gasteiger partial charge in [0, 0.05) is 13.1 Å². The van der Waals surface area contributed by atoms with Gasteiger partial charge in [-0.05, 0) is 56.0 Å². The van der Waals surface area contributed by atoms with E-state index < -0.39 is 0 Å². The molecule has 0 saturated heterocycles. The second-order valence-electron chi connectivity index (χ2n) is 7.00. The summed E-state index contributed by atoms with van der Waals surface area (Å²) < 4.78 is 0. The van der Waals surface area contributed by atoms with Gasteiger partial charge in [0.15, 0.2) is 0 Å². The number of hydrogen-bond donors (Lipinski definition) is 1. The number of nitrogens with two attached hydrogens (primary N) is 1. The Morgan fingerprint density at radius 3 is 2.41 bits per heavy atom. The molecular weight excluding hydrogens is 232 g/mol. The summed E-state index contributed by atoms with van der Waals surface area (Å²) in [6.07, 6.45) is 6.04. The Labute approximate surface area is 113 Å². The molecule has 2 nitrogen and oxygen atoms in total. The Morgan fingerprint density at radius 1 is 1.24 bits per heavy atom. The van der Waals surface area contributed by atoms with E-state index in [1.807, 2.05) is 0 Å². The van der Waals surface area contributed by atoms with Gasteiger partial charge < -0.3 is 10.6 Å². The monoisotopic (exact) mass is 260 g/mol. The zero-order valence-electron chi connectivity index (χ0n) is 11.6. The molecule has 2 rings (SSSR count). The van der Waals surface area contributed by atoms with Crippen molar-refractivity contribution in [1.82, 2.24) is 4.90 Å². The molecule has 2 aliphatic carbocycles. The third kappa shape index (κ3) is 3.84. The smallest absolute Gasteiger partial charge is 0.00418 e. The summed E-state index contributed by atoms with van der Waals surface area (Å²) in [5, 5.41) is 0. The average molecular weight is 261 g/mol. The first kappa shape index (κ1) is 15.3. The molecule has 2 N–H and O–H groups in total. The van der Waals surface area contributed by atoms with Gasteiger partial charge in [0.25, 0.3) is 0 Å². The Hall–Kier alpha value is 0.210. The fourth-order valence-corrected chi connectivity index (χ4v) is 3.86. The lowest BCUT2D eigenvalue weighted by atomic mass is 9.87. The molecule has 0 spiro atoms. The largest absolute Gasteiger partial charge is 0.330 e. The fourth-order valence-electron chi connectivity index (χ4n) is 3.86. The van der Waals surface area contributed by atoms with Crippen molar-refractivity contribution in [1.29, 1.82) is 0 Å². The minimum absolute atomic E-state index is 0. The molecule has 102 valence electrons. The minimum Gasteiger partial charge on any atom is -0.330 e. The van der Waals surface area contributed by atoms with Gasteiger partial charge in [-0.1, -0.05) is 20.3 Å². The first-order valence-corrected chi connectivity index (χ1v) is 6.89. The van der Waals surface area contributed by atoms with Gasteiger partial charge in [0.2, 0.25) is 0 Å². The molecule has 0 heterocycles. The number of rotatable bonds is 5. The summed E-state index contributed by atoms with van der Waals surface area (Å²) in [5.41, 5.74) is 6.07. The van der Waals surface area contributed by atoms with Gasteiger partial charge in [0.05, 0.1) is 0 Å². The maximum Gasteiger partial charge on any atom is 0.00418 e. The molecular formula is C14H29ClN2. The van der Waals surface area contributed by atoms with Crippen LogP contribution in [0, 0.1) is 23.2 Å². The molecule has 17 heavy (non-hydrogen) atoms. The van der Waals surface area contributed by atoms with E-state index in [2.05, 4.69) is 25.8 Å². The van der Waals surface area contributed by atoms with E-state index >= 15 is 0 Å². The molecule has 2 saturated carbocycles. The van der Waals surface area contributed by atoms with Crippen LogP contribution in [0.1, 0.15) is 39.5 Å². The molecule has 0 aromatic heterocycles. The molecule has 2 fully saturated rings. The van der Waals surface area contributed by atoms with Crippen LogP contribution in [0.25, 0.3) is 0 Å². The lowest BCUT2D eigenvalue weighted by molar-refractivity contribution is 0.166. The summed E-state index contributed by atoms with van der Waals surface area (Å²) in [6.45, 7) is 7.75. The predicted molar refractivity (Wildman–Crippen MR) is 76.5 cm³/mol. The standard InChI is InChI=1S/C14H28N2.ClH/c1-14(2,9-15)10-16(3)8-13-7-11-4-5-12(13)6-11;/h11-13H,4-10,15H2,1-3H3;1H. The maximum atomic E-state index is 5.80. The van der Waals surface area contributed by atoms with E-state index in [1.54, 1.807) is 0 Å². The number of halogens is 1. The van der Waals surface area contributed by atoms with Gasteiger partial charge in [-0.25, -0.2) is 0 Å². The SMILES string of the molecule is CN(CC1CC2CCC1C2)CC(C)(C)CN.Cl. The molecule has 3 unspecified atom stereocenters. The Kier molecular flexibility index (Phi) is 5.30. The molecule has 0 radical (unpaired) electrons. The average Bonchev–Trinajstić information content (AvgIpc) is 2.78. The number of hydrogen-bond acceptors (Lipinski definition) is 2. The first-order valence-electron chi connectivity index (χ1n) is 6.89. The molecule has 2 aliphatic rings. The van der Waals surface area contributed by atoms with Crippen molar-refractivity contribution in [3.05, 3.63) is 0 Å². The molecule has 3 atom stereocenters. The van der Waals surface area contributed by atoms with Gasteiger partial charge >= 0.3 is 0 Å². The highest BCUT2D eigenvalue weighted by Gasteiger charge is 2.39. The summed E-state index contributed by atoms with van der Waals surface area (Å²) in [7, 11) is 2.27. The topological polar surface area (TPSA) is 29.3 Å². The van der Waals surface area contributed by atoms with Crippen molar-refractivity contribution in [3.63, 3.8) is 0 Å². The lowest BCUT2D eigenvalue weighted by Crippen LogP contribution is -2.39. The van der Waals surface area contributed by atoms with Crippen LogP contribution < -0.4 is 5.73 Å². The van der Waals surface area contributed by atoms with Crippen LogP contribution in [-0.2, 0) is 0 Å². The molecule has 0 aromatic rings. The number of nitrogens with zero attached hydrogens (tertiary/aromatic N) is 1. The van der Waals surface area contributed by atoms with Crippen LogP contribution in [0.3, 0.4) is 0 Å². The predicted octanol–water partition coefficient (Wildman–Crippen LogP) is 2.76. The van der Waals surface area contributed by atoms with E-state index in [-0.39, 0.29) is 17.8 Å². The van der Waals surface area contributed by atoms with E-state index in [9.17, 15) is 0 Å². The third-order valence-electron chi connectivity index (χ3n) is 4.68. The molecule has 0 amide bonds. The van der Waals surface area contributed by atoms with Crippen molar-refractivity contribution in [2.45, 2.75) is 39.5 Å². The van der Waals surface area contributed by atoms with E-state index in [4.69, 9.17) is 5.73 Å². The molecule has 2 bridgehead atoms. The zero-order valence-corrected chi connectivity index (χ0v) is 12.4. The normalized spacial score (nSPS) is 31.9. The third-order valence-corrected chi connectivity index (χ3v) is 4.68. The van der Waals surface area contributed by atoms with Crippen LogP contribution in [-0.4, -0.2) is 31.6 Å². The maximum absolute atomic E-state index is 5.80. The van der Waals surface area contributed by atoms with Gasteiger partial charge in [-0.3, -0.25) is 0 Å². The summed E-state index contributed by atoms with van der Waals surface area (Å²) >= 11 is 0. The van der Waals surface area contributed by atoms with E-state index in [1.165, 1.54) is 32.2 Å². The quantitative estimate of drug-likeness (QED) is 0.824. The second-order valence-corrected chi connectivity index (χ2v) is 7.00. The van der Waals surface area contributed by atoms with Crippen molar-refractivity contribution >= 4 is 12.4 Å². The highest BCUT2D eigenvalue weighted by atomic mass is 35.5. The molecule has 3 heteroatoms. The van der Waals surface area contributed by atoms with Gasteiger partial charge in [-0.15, -0.1) is 12.4 Å². The summed E-state index contributed by atoms with van der Waals surface area (Å²) in [6, 6.07) is 0. The van der Waals surface area contributed by atoms with Gasteiger partial charge in [0.1, 0.15) is 0 Å². The van der Waals surface area contributed by atoms with Gasteiger partial charge in [-0.2, -0.15) is 0 Å². The fraction of sp³-hybridized carbons (Fsp3) is 1.00. The zero-order chi connectivity index (χ0) is 11.8. The highest BCUT2D eigenvalue weighted by molar-refractivity contribution is 5.85. The highest BCUT2D eigenvalue weighted by Crippen LogP contribution is 2.48. The summed E-state index contributed by atoms with van der Waals surface area (Å²) in [5.74, 6) is 3.11. The van der Waals surface area contributed by atoms with Crippen LogP contribution in [0.2, 0.25) is 0 Å². The lowest BCUT2D eigenvalue weighted by Gasteiger charge is -2.32. The van der Waals surface area contributed by atoms with Crippen LogP contribution in [0.15, 0.2) is 0 Å². The van der Waals surface area contributed by atoms with Crippen molar-refractivity contribution in [3.8, 4) is 0 Å². The second kappa shape index (κ2) is 5.90. The van der Waals surface area contributed by atoms with Crippen molar-refractivity contribution < 1.29 is 0 Å². The molecule has 0 aromatic carbocycles. The Morgan fingerprint density at radius 2 is 1.94 bits per heavy atom. The van der Waals surface area contributed by atoms with E-state index in [0.29, 0.717) is 0 Å². The molecule has 0 aliphatic heterocycles. The van der Waals surface area contributed by atoms with Crippen molar-refractivity contribution in [2.24, 2.45) is 28.9 Å².